The molecule has 0 fully saturated rings. The maximum atomic E-state index is 12.1. The Morgan fingerprint density at radius 2 is 2.00 bits per heavy atom. The number of hydrogen-bond acceptors (Lipinski definition) is 0. The lowest BCUT2D eigenvalue weighted by Crippen LogP contribution is -2.28. The Bertz CT molecular complexity index is 80.4. The average molecular weight is 139 g/mol. The third-order valence-electron chi connectivity index (χ3n) is 1.15. The van der Waals surface area contributed by atoms with Crippen LogP contribution in [0.4, 0.5) is 13.2 Å². The predicted octanol–water partition coefficient (Wildman–Crippen LogP) is 2.59. The van der Waals surface area contributed by atoms with Crippen molar-refractivity contribution in [2.24, 2.45) is 0 Å². The molecule has 0 aromatic rings. The fourth-order valence-corrected chi connectivity index (χ4v) is 0.455. The first-order valence-corrected chi connectivity index (χ1v) is 2.85. The van der Waals surface area contributed by atoms with Crippen LogP contribution in [0.3, 0.4) is 0 Å². The molecule has 0 saturated carbocycles. The first-order chi connectivity index (χ1) is 4.04. The minimum absolute atomic E-state index is 0.150. The van der Waals surface area contributed by atoms with Crippen molar-refractivity contribution in [1.82, 2.24) is 0 Å². The molecule has 0 aliphatic carbocycles. The van der Waals surface area contributed by atoms with Gasteiger partial charge in [0, 0.05) is 6.42 Å². The molecule has 0 N–H and O–H groups in total. The molecule has 0 saturated heterocycles. The molecule has 0 amide bonds. The van der Waals surface area contributed by atoms with E-state index in [0.29, 0.717) is 0 Å². The van der Waals surface area contributed by atoms with E-state index in [1.54, 1.807) is 0 Å². The highest BCUT2D eigenvalue weighted by Gasteiger charge is 2.36. The number of rotatable bonds is 3. The van der Waals surface area contributed by atoms with Crippen molar-refractivity contribution in [2.45, 2.75) is 31.9 Å². The van der Waals surface area contributed by atoms with Gasteiger partial charge in [-0.2, -0.15) is 0 Å². The van der Waals surface area contributed by atoms with E-state index < -0.39 is 18.5 Å². The summed E-state index contributed by atoms with van der Waals surface area (Å²) in [4.78, 5) is 0. The summed E-state index contributed by atoms with van der Waals surface area (Å²) >= 11 is 0. The van der Waals surface area contributed by atoms with Crippen LogP contribution >= 0.6 is 0 Å². The van der Waals surface area contributed by atoms with Gasteiger partial charge in [0.1, 0.15) is 0 Å². The molecular formula is C6H10F3. The Labute approximate surface area is 53.1 Å². The van der Waals surface area contributed by atoms with Crippen molar-refractivity contribution >= 4 is 0 Å². The summed E-state index contributed by atoms with van der Waals surface area (Å²) in [5, 5.41) is 0. The second-order valence-electron chi connectivity index (χ2n) is 1.89. The van der Waals surface area contributed by atoms with Crippen LogP contribution in [0.15, 0.2) is 0 Å². The molecule has 0 rings (SSSR count). The quantitative estimate of drug-likeness (QED) is 0.563. The van der Waals surface area contributed by atoms with Crippen LogP contribution in [0.2, 0.25) is 0 Å². The molecule has 0 aliphatic heterocycles. The highest BCUT2D eigenvalue weighted by molar-refractivity contribution is 4.75. The Morgan fingerprint density at radius 3 is 2.11 bits per heavy atom. The molecule has 3 heteroatoms. The molecule has 0 aromatic heterocycles. The maximum Gasteiger partial charge on any atom is 0.278 e. The van der Waals surface area contributed by atoms with Gasteiger partial charge in [-0.05, 0) is 13.3 Å². The SMILES string of the molecule is [CH2]CC(F)(F)C(F)CC. The lowest BCUT2D eigenvalue weighted by atomic mass is 10.1. The normalized spacial score (nSPS) is 15.7. The molecule has 0 nitrogen and oxygen atoms in total. The van der Waals surface area contributed by atoms with Crippen LogP contribution in [0.5, 0.6) is 0 Å². The standard InChI is InChI=1S/C6H10F3/c1-3-5(7)6(8,9)4-2/h5H,2-4H2,1H3. The zero-order valence-corrected chi connectivity index (χ0v) is 5.33. The van der Waals surface area contributed by atoms with Gasteiger partial charge >= 0.3 is 0 Å². The van der Waals surface area contributed by atoms with E-state index in [1.165, 1.54) is 6.92 Å². The molecule has 55 valence electrons. The number of hydrogen-bond donors (Lipinski definition) is 0. The minimum Gasteiger partial charge on any atom is -0.241 e. The van der Waals surface area contributed by atoms with E-state index in [1.807, 2.05) is 0 Å². The predicted molar refractivity (Wildman–Crippen MR) is 30.1 cm³/mol. The highest BCUT2D eigenvalue weighted by Crippen LogP contribution is 2.26. The summed E-state index contributed by atoms with van der Waals surface area (Å²) < 4.78 is 36.3. The van der Waals surface area contributed by atoms with Gasteiger partial charge in [0.15, 0.2) is 6.17 Å². The van der Waals surface area contributed by atoms with E-state index in [4.69, 9.17) is 0 Å². The molecule has 0 spiro atoms. The lowest BCUT2D eigenvalue weighted by molar-refractivity contribution is -0.0706. The van der Waals surface area contributed by atoms with Crippen LogP contribution in [0.1, 0.15) is 19.8 Å². The monoisotopic (exact) mass is 139 g/mol. The average Bonchev–Trinajstić information content (AvgIpc) is 1.86. The van der Waals surface area contributed by atoms with E-state index in [0.717, 1.165) is 0 Å². The molecular weight excluding hydrogens is 129 g/mol. The zero-order valence-electron chi connectivity index (χ0n) is 5.33. The van der Waals surface area contributed by atoms with E-state index >= 15 is 0 Å². The van der Waals surface area contributed by atoms with Crippen molar-refractivity contribution in [3.63, 3.8) is 0 Å². The number of halogens is 3. The molecule has 9 heavy (non-hydrogen) atoms. The van der Waals surface area contributed by atoms with Gasteiger partial charge in [0.05, 0.1) is 0 Å². The van der Waals surface area contributed by atoms with E-state index in [-0.39, 0.29) is 6.42 Å². The van der Waals surface area contributed by atoms with Crippen molar-refractivity contribution in [1.29, 1.82) is 0 Å². The zero-order chi connectivity index (χ0) is 7.49. The summed E-state index contributed by atoms with van der Waals surface area (Å²) in [6.45, 7) is 4.32. The molecule has 1 atom stereocenters. The molecule has 0 bridgehead atoms. The lowest BCUT2D eigenvalue weighted by Gasteiger charge is -2.16. The maximum absolute atomic E-state index is 12.1. The molecule has 0 aliphatic rings. The van der Waals surface area contributed by atoms with Gasteiger partial charge in [0.2, 0.25) is 0 Å². The summed E-state index contributed by atoms with van der Waals surface area (Å²) in [5.74, 6) is -3.23. The Morgan fingerprint density at radius 1 is 1.56 bits per heavy atom. The van der Waals surface area contributed by atoms with Crippen molar-refractivity contribution in [2.75, 3.05) is 0 Å². The van der Waals surface area contributed by atoms with Gasteiger partial charge in [-0.3, -0.25) is 0 Å². The molecule has 0 aromatic carbocycles. The van der Waals surface area contributed by atoms with Crippen LogP contribution < -0.4 is 0 Å². The van der Waals surface area contributed by atoms with Gasteiger partial charge in [-0.25, -0.2) is 13.2 Å². The van der Waals surface area contributed by atoms with Crippen molar-refractivity contribution in [3.8, 4) is 0 Å². The largest absolute Gasteiger partial charge is 0.278 e. The van der Waals surface area contributed by atoms with Gasteiger partial charge in [0.25, 0.3) is 5.92 Å². The second kappa shape index (κ2) is 3.08. The number of alkyl halides is 3. The third kappa shape index (κ3) is 2.24. The summed E-state index contributed by atoms with van der Waals surface area (Å²) in [5.41, 5.74) is 0. The van der Waals surface area contributed by atoms with Crippen molar-refractivity contribution < 1.29 is 13.2 Å². The second-order valence-corrected chi connectivity index (χ2v) is 1.89. The molecule has 1 unspecified atom stereocenters. The first-order valence-electron chi connectivity index (χ1n) is 2.85. The Kier molecular flexibility index (Phi) is 3.01. The molecule has 0 heterocycles. The van der Waals surface area contributed by atoms with Crippen LogP contribution in [0.25, 0.3) is 0 Å². The van der Waals surface area contributed by atoms with E-state index in [2.05, 4.69) is 6.92 Å². The fraction of sp³-hybridized carbons (Fsp3) is 0.833. The summed E-state index contributed by atoms with van der Waals surface area (Å²) in [6.07, 6.45) is -2.85. The topological polar surface area (TPSA) is 0 Å². The fourth-order valence-electron chi connectivity index (χ4n) is 0.455. The van der Waals surface area contributed by atoms with Crippen molar-refractivity contribution in [3.05, 3.63) is 6.92 Å². The van der Waals surface area contributed by atoms with Gasteiger partial charge < -0.3 is 0 Å². The summed E-state index contributed by atoms with van der Waals surface area (Å²) in [7, 11) is 0. The van der Waals surface area contributed by atoms with Gasteiger partial charge in [-0.15, -0.1) is 0 Å². The van der Waals surface area contributed by atoms with Gasteiger partial charge in [-0.1, -0.05) is 6.92 Å². The highest BCUT2D eigenvalue weighted by atomic mass is 19.3. The van der Waals surface area contributed by atoms with E-state index in [9.17, 15) is 13.2 Å². The molecule has 1 radical (unpaired) electrons. The smallest absolute Gasteiger partial charge is 0.241 e. The third-order valence-corrected chi connectivity index (χ3v) is 1.15. The first kappa shape index (κ1) is 8.79. The summed E-state index contributed by atoms with van der Waals surface area (Å²) in [6, 6.07) is 0. The van der Waals surface area contributed by atoms with Crippen LogP contribution in [-0.2, 0) is 0 Å². The van der Waals surface area contributed by atoms with Crippen LogP contribution in [-0.4, -0.2) is 12.1 Å². The van der Waals surface area contributed by atoms with Crippen LogP contribution in [0, 0.1) is 6.92 Å². The Balaban J connectivity index is 3.80. The Hall–Kier alpha value is -0.210. The minimum atomic E-state index is -3.23.